The molecule has 0 bridgehead atoms. The molecule has 1 N–H and O–H groups in total. The van der Waals surface area contributed by atoms with Crippen LogP contribution >= 0.6 is 0 Å². The van der Waals surface area contributed by atoms with Gasteiger partial charge in [-0.25, -0.2) is 0 Å². The zero-order chi connectivity index (χ0) is 7.61. The SMILES string of the molecule is CC1(C)CCCC(=O)NC1. The molecule has 58 valence electrons. The Morgan fingerprint density at radius 2 is 2.20 bits per heavy atom. The molecule has 2 heteroatoms. The molecule has 10 heavy (non-hydrogen) atoms. The normalized spacial score (nSPS) is 25.2. The maximum atomic E-state index is 10.9. The van der Waals surface area contributed by atoms with Gasteiger partial charge in [0.1, 0.15) is 0 Å². The molecule has 1 fully saturated rings. The van der Waals surface area contributed by atoms with Crippen molar-refractivity contribution in [3.8, 4) is 0 Å². The Hall–Kier alpha value is -0.530. The van der Waals surface area contributed by atoms with E-state index in [1.165, 1.54) is 0 Å². The Labute approximate surface area is 62.0 Å². The zero-order valence-electron chi connectivity index (χ0n) is 6.74. The molecule has 0 aromatic heterocycles. The quantitative estimate of drug-likeness (QED) is 0.541. The molecule has 0 aliphatic carbocycles. The van der Waals surface area contributed by atoms with Gasteiger partial charge in [0, 0.05) is 13.0 Å². The van der Waals surface area contributed by atoms with Gasteiger partial charge in [0.05, 0.1) is 0 Å². The van der Waals surface area contributed by atoms with Crippen molar-refractivity contribution in [1.29, 1.82) is 0 Å². The second-order valence-electron chi connectivity index (χ2n) is 3.79. The monoisotopic (exact) mass is 141 g/mol. The van der Waals surface area contributed by atoms with Gasteiger partial charge in [-0.15, -0.1) is 0 Å². The molecule has 0 aromatic carbocycles. The van der Waals surface area contributed by atoms with Crippen molar-refractivity contribution in [2.24, 2.45) is 5.41 Å². The van der Waals surface area contributed by atoms with Crippen LogP contribution in [0, 0.1) is 5.41 Å². The third-order valence-corrected chi connectivity index (χ3v) is 2.02. The predicted octanol–water partition coefficient (Wildman–Crippen LogP) is 1.31. The Morgan fingerprint density at radius 3 is 2.90 bits per heavy atom. The van der Waals surface area contributed by atoms with Gasteiger partial charge in [0.15, 0.2) is 0 Å². The number of hydrogen-bond donors (Lipinski definition) is 1. The van der Waals surface area contributed by atoms with E-state index in [2.05, 4.69) is 19.2 Å². The lowest BCUT2D eigenvalue weighted by Gasteiger charge is -2.20. The summed E-state index contributed by atoms with van der Waals surface area (Å²) in [7, 11) is 0. The number of carbonyl (C=O) groups excluding carboxylic acids is 1. The highest BCUT2D eigenvalue weighted by molar-refractivity contribution is 5.76. The van der Waals surface area contributed by atoms with Crippen LogP contribution in [0.5, 0.6) is 0 Å². The standard InChI is InChI=1S/C8H15NO/c1-8(2)5-3-4-7(10)9-6-8/h3-6H2,1-2H3,(H,9,10). The van der Waals surface area contributed by atoms with Gasteiger partial charge in [0.2, 0.25) is 5.91 Å². The van der Waals surface area contributed by atoms with Gasteiger partial charge in [-0.05, 0) is 18.3 Å². The maximum Gasteiger partial charge on any atom is 0.220 e. The van der Waals surface area contributed by atoms with Crippen molar-refractivity contribution in [1.82, 2.24) is 5.32 Å². The highest BCUT2D eigenvalue weighted by Crippen LogP contribution is 2.23. The molecular weight excluding hydrogens is 126 g/mol. The van der Waals surface area contributed by atoms with E-state index in [0.717, 1.165) is 19.4 Å². The van der Waals surface area contributed by atoms with Crippen molar-refractivity contribution < 1.29 is 4.79 Å². The van der Waals surface area contributed by atoms with Gasteiger partial charge in [0.25, 0.3) is 0 Å². The van der Waals surface area contributed by atoms with Gasteiger partial charge < -0.3 is 5.32 Å². The number of amides is 1. The summed E-state index contributed by atoms with van der Waals surface area (Å²) in [5.74, 6) is 0.213. The predicted molar refractivity (Wildman–Crippen MR) is 40.6 cm³/mol. The number of hydrogen-bond acceptors (Lipinski definition) is 1. The van der Waals surface area contributed by atoms with Crippen LogP contribution in [0.2, 0.25) is 0 Å². The van der Waals surface area contributed by atoms with Gasteiger partial charge in [-0.1, -0.05) is 13.8 Å². The van der Waals surface area contributed by atoms with Crippen molar-refractivity contribution in [2.45, 2.75) is 33.1 Å². The van der Waals surface area contributed by atoms with Crippen molar-refractivity contribution in [3.63, 3.8) is 0 Å². The van der Waals surface area contributed by atoms with Crippen molar-refractivity contribution >= 4 is 5.91 Å². The lowest BCUT2D eigenvalue weighted by molar-refractivity contribution is -0.120. The van der Waals surface area contributed by atoms with Crippen molar-refractivity contribution in [3.05, 3.63) is 0 Å². The fraction of sp³-hybridized carbons (Fsp3) is 0.875. The van der Waals surface area contributed by atoms with Crippen molar-refractivity contribution in [2.75, 3.05) is 6.54 Å². The molecule has 0 spiro atoms. The van der Waals surface area contributed by atoms with Crippen LogP contribution < -0.4 is 5.32 Å². The average Bonchev–Trinajstić information content (AvgIpc) is 1.94. The molecule has 1 saturated heterocycles. The Morgan fingerprint density at radius 1 is 1.50 bits per heavy atom. The van der Waals surface area contributed by atoms with E-state index in [9.17, 15) is 4.79 Å². The maximum absolute atomic E-state index is 10.9. The van der Waals surface area contributed by atoms with Crippen LogP contribution in [-0.2, 0) is 4.79 Å². The molecule has 2 nitrogen and oxygen atoms in total. The fourth-order valence-corrected chi connectivity index (χ4v) is 1.24. The molecule has 1 amide bonds. The summed E-state index contributed by atoms with van der Waals surface area (Å²) in [6.45, 7) is 5.23. The van der Waals surface area contributed by atoms with E-state index in [1.54, 1.807) is 0 Å². The molecule has 1 aliphatic heterocycles. The number of carbonyl (C=O) groups is 1. The Kier molecular flexibility index (Phi) is 1.97. The molecular formula is C8H15NO. The van der Waals surface area contributed by atoms with Gasteiger partial charge in [-0.3, -0.25) is 4.79 Å². The summed E-state index contributed by atoms with van der Waals surface area (Å²) in [6.07, 6.45) is 2.91. The summed E-state index contributed by atoms with van der Waals surface area (Å²) < 4.78 is 0. The van der Waals surface area contributed by atoms with Crippen LogP contribution in [-0.4, -0.2) is 12.5 Å². The molecule has 0 radical (unpaired) electrons. The topological polar surface area (TPSA) is 29.1 Å². The first-order chi connectivity index (χ1) is 4.60. The largest absolute Gasteiger partial charge is 0.356 e. The molecule has 0 aromatic rings. The molecule has 0 unspecified atom stereocenters. The smallest absolute Gasteiger partial charge is 0.220 e. The lowest BCUT2D eigenvalue weighted by Crippen LogP contribution is -2.30. The molecule has 1 heterocycles. The van der Waals surface area contributed by atoms with Gasteiger partial charge in [-0.2, -0.15) is 0 Å². The molecule has 1 rings (SSSR count). The van der Waals surface area contributed by atoms with E-state index in [1.807, 2.05) is 0 Å². The first-order valence-electron chi connectivity index (χ1n) is 3.87. The Bertz CT molecular complexity index is 140. The first-order valence-corrected chi connectivity index (χ1v) is 3.87. The van der Waals surface area contributed by atoms with E-state index in [0.29, 0.717) is 11.8 Å². The fourth-order valence-electron chi connectivity index (χ4n) is 1.24. The minimum Gasteiger partial charge on any atom is -0.356 e. The number of rotatable bonds is 0. The summed E-state index contributed by atoms with van der Waals surface area (Å²) in [5.41, 5.74) is 0.312. The van der Waals surface area contributed by atoms with Gasteiger partial charge >= 0.3 is 0 Å². The van der Waals surface area contributed by atoms with Crippen LogP contribution in [0.15, 0.2) is 0 Å². The van der Waals surface area contributed by atoms with Crippen LogP contribution in [0.1, 0.15) is 33.1 Å². The number of nitrogens with one attached hydrogen (secondary N) is 1. The third kappa shape index (κ3) is 2.01. The van der Waals surface area contributed by atoms with E-state index in [4.69, 9.17) is 0 Å². The molecule has 0 saturated carbocycles. The van der Waals surface area contributed by atoms with E-state index < -0.39 is 0 Å². The minimum atomic E-state index is 0.213. The lowest BCUT2D eigenvalue weighted by atomic mass is 9.88. The highest BCUT2D eigenvalue weighted by atomic mass is 16.1. The highest BCUT2D eigenvalue weighted by Gasteiger charge is 2.21. The van der Waals surface area contributed by atoms with Crippen LogP contribution in [0.3, 0.4) is 0 Å². The minimum absolute atomic E-state index is 0.213. The van der Waals surface area contributed by atoms with E-state index in [-0.39, 0.29) is 5.91 Å². The van der Waals surface area contributed by atoms with Crippen LogP contribution in [0.25, 0.3) is 0 Å². The average molecular weight is 141 g/mol. The second kappa shape index (κ2) is 2.60. The Balaban J connectivity index is 2.48. The summed E-state index contributed by atoms with van der Waals surface area (Å²) in [6, 6.07) is 0. The van der Waals surface area contributed by atoms with E-state index >= 15 is 0 Å². The van der Waals surface area contributed by atoms with Crippen LogP contribution in [0.4, 0.5) is 0 Å². The summed E-state index contributed by atoms with van der Waals surface area (Å²) in [5, 5.41) is 2.90. The first kappa shape index (κ1) is 7.58. The third-order valence-electron chi connectivity index (χ3n) is 2.02. The molecule has 0 atom stereocenters. The molecule has 1 aliphatic rings. The second-order valence-corrected chi connectivity index (χ2v) is 3.79. The zero-order valence-corrected chi connectivity index (χ0v) is 6.74. The summed E-state index contributed by atoms with van der Waals surface area (Å²) in [4.78, 5) is 10.9. The summed E-state index contributed by atoms with van der Waals surface area (Å²) >= 11 is 0.